The summed E-state index contributed by atoms with van der Waals surface area (Å²) in [7, 11) is 0. The Labute approximate surface area is 123 Å². The zero-order valence-corrected chi connectivity index (χ0v) is 12.6. The summed E-state index contributed by atoms with van der Waals surface area (Å²) in [6.45, 7) is 4.67. The molecule has 0 radical (unpaired) electrons. The molecule has 0 bridgehead atoms. The first kappa shape index (κ1) is 13.6. The van der Waals surface area contributed by atoms with Crippen LogP contribution in [0.5, 0.6) is 5.75 Å². The monoisotopic (exact) mass is 289 g/mol. The number of ether oxygens (including phenoxy) is 1. The number of fused-ring (bicyclic) bond motifs is 1. The lowest BCUT2D eigenvalue weighted by atomic mass is 9.91. The SMILES string of the molecule is Cc1nc(CC(O)C2COc3ccccc3C2)sc1C. The van der Waals surface area contributed by atoms with Crippen LogP contribution in [0.15, 0.2) is 24.3 Å². The molecule has 1 aliphatic rings. The van der Waals surface area contributed by atoms with Crippen LogP contribution in [0.4, 0.5) is 0 Å². The van der Waals surface area contributed by atoms with Crippen LogP contribution in [-0.2, 0) is 12.8 Å². The quantitative estimate of drug-likeness (QED) is 0.944. The first-order valence-corrected chi connectivity index (χ1v) is 7.77. The van der Waals surface area contributed by atoms with Crippen molar-refractivity contribution in [1.82, 2.24) is 4.98 Å². The van der Waals surface area contributed by atoms with Gasteiger partial charge in [-0.2, -0.15) is 0 Å². The summed E-state index contributed by atoms with van der Waals surface area (Å²) >= 11 is 1.68. The maximum atomic E-state index is 10.4. The highest BCUT2D eigenvalue weighted by Gasteiger charge is 2.26. The van der Waals surface area contributed by atoms with Gasteiger partial charge in [0.15, 0.2) is 0 Å². The molecule has 2 unspecified atom stereocenters. The Bertz CT molecular complexity index is 589. The number of hydrogen-bond donors (Lipinski definition) is 1. The Hall–Kier alpha value is -1.39. The number of benzene rings is 1. The average molecular weight is 289 g/mol. The lowest BCUT2D eigenvalue weighted by molar-refractivity contribution is 0.0652. The third-order valence-corrected chi connectivity index (χ3v) is 5.00. The Morgan fingerprint density at radius 1 is 1.40 bits per heavy atom. The van der Waals surface area contributed by atoms with E-state index >= 15 is 0 Å². The van der Waals surface area contributed by atoms with Gasteiger partial charge in [0.25, 0.3) is 0 Å². The number of aromatic nitrogens is 1. The van der Waals surface area contributed by atoms with Crippen LogP contribution < -0.4 is 4.74 Å². The van der Waals surface area contributed by atoms with E-state index in [4.69, 9.17) is 4.74 Å². The predicted molar refractivity (Wildman–Crippen MR) is 80.4 cm³/mol. The smallest absolute Gasteiger partial charge is 0.122 e. The van der Waals surface area contributed by atoms with E-state index in [1.165, 1.54) is 10.4 Å². The van der Waals surface area contributed by atoms with Gasteiger partial charge in [0.05, 0.1) is 23.4 Å². The van der Waals surface area contributed by atoms with Crippen molar-refractivity contribution in [2.24, 2.45) is 5.92 Å². The number of thiazole rings is 1. The molecule has 1 N–H and O–H groups in total. The average Bonchev–Trinajstić information content (AvgIpc) is 2.76. The standard InChI is InChI=1S/C16H19NO2S/c1-10-11(2)20-16(17-10)8-14(18)13-7-12-5-3-4-6-15(12)19-9-13/h3-6,13-14,18H,7-9H2,1-2H3. The first-order valence-electron chi connectivity index (χ1n) is 6.95. The van der Waals surface area contributed by atoms with Crippen molar-refractivity contribution >= 4 is 11.3 Å². The Morgan fingerprint density at radius 3 is 2.95 bits per heavy atom. The number of hydrogen-bond acceptors (Lipinski definition) is 4. The zero-order chi connectivity index (χ0) is 14.1. The molecule has 4 heteroatoms. The van der Waals surface area contributed by atoms with Gasteiger partial charge in [0.2, 0.25) is 0 Å². The second kappa shape index (κ2) is 5.54. The minimum atomic E-state index is -0.395. The lowest BCUT2D eigenvalue weighted by Crippen LogP contribution is -2.33. The molecule has 0 fully saturated rings. The van der Waals surface area contributed by atoms with Crippen molar-refractivity contribution < 1.29 is 9.84 Å². The molecule has 106 valence electrons. The molecule has 0 amide bonds. The maximum absolute atomic E-state index is 10.4. The van der Waals surface area contributed by atoms with E-state index in [0.29, 0.717) is 13.0 Å². The van der Waals surface area contributed by atoms with E-state index in [0.717, 1.165) is 22.9 Å². The molecule has 1 aromatic heterocycles. The van der Waals surface area contributed by atoms with Gasteiger partial charge in [-0.05, 0) is 31.9 Å². The highest BCUT2D eigenvalue weighted by Crippen LogP contribution is 2.29. The van der Waals surface area contributed by atoms with E-state index in [1.54, 1.807) is 11.3 Å². The Morgan fingerprint density at radius 2 is 2.20 bits per heavy atom. The van der Waals surface area contributed by atoms with Gasteiger partial charge < -0.3 is 9.84 Å². The Kier molecular flexibility index (Phi) is 3.76. The number of rotatable bonds is 3. The topological polar surface area (TPSA) is 42.4 Å². The van der Waals surface area contributed by atoms with Crippen molar-refractivity contribution in [3.05, 3.63) is 45.4 Å². The van der Waals surface area contributed by atoms with Crippen molar-refractivity contribution in [2.75, 3.05) is 6.61 Å². The molecule has 1 aliphatic heterocycles. The normalized spacial score (nSPS) is 19.2. The second-order valence-corrected chi connectivity index (χ2v) is 6.69. The van der Waals surface area contributed by atoms with Crippen molar-refractivity contribution in [1.29, 1.82) is 0 Å². The molecule has 2 aromatic rings. The van der Waals surface area contributed by atoms with Crippen molar-refractivity contribution in [3.63, 3.8) is 0 Å². The number of aliphatic hydroxyl groups excluding tert-OH is 1. The van der Waals surface area contributed by atoms with E-state index in [1.807, 2.05) is 25.1 Å². The summed E-state index contributed by atoms with van der Waals surface area (Å²) in [5.41, 5.74) is 2.26. The third kappa shape index (κ3) is 2.72. The predicted octanol–water partition coefficient (Wildman–Crippen LogP) is 2.91. The minimum absolute atomic E-state index is 0.148. The van der Waals surface area contributed by atoms with Gasteiger partial charge in [-0.1, -0.05) is 18.2 Å². The van der Waals surface area contributed by atoms with Crippen LogP contribution in [0.25, 0.3) is 0 Å². The minimum Gasteiger partial charge on any atom is -0.493 e. The Balaban J connectivity index is 1.68. The largest absolute Gasteiger partial charge is 0.493 e. The fourth-order valence-electron chi connectivity index (χ4n) is 2.57. The summed E-state index contributed by atoms with van der Waals surface area (Å²) in [5, 5.41) is 11.5. The molecule has 1 aromatic carbocycles. The molecule has 20 heavy (non-hydrogen) atoms. The summed E-state index contributed by atoms with van der Waals surface area (Å²) in [6, 6.07) is 8.07. The van der Waals surface area contributed by atoms with Gasteiger partial charge in [0, 0.05) is 17.2 Å². The summed E-state index contributed by atoms with van der Waals surface area (Å²) in [4.78, 5) is 5.74. The van der Waals surface area contributed by atoms with Crippen molar-refractivity contribution in [3.8, 4) is 5.75 Å². The van der Waals surface area contributed by atoms with Crippen LogP contribution in [0.2, 0.25) is 0 Å². The van der Waals surface area contributed by atoms with Gasteiger partial charge in [-0.25, -0.2) is 4.98 Å². The summed E-state index contributed by atoms with van der Waals surface area (Å²) in [6.07, 6.45) is 1.10. The highest BCUT2D eigenvalue weighted by atomic mass is 32.1. The zero-order valence-electron chi connectivity index (χ0n) is 11.8. The molecular formula is C16H19NO2S. The molecule has 0 aliphatic carbocycles. The maximum Gasteiger partial charge on any atom is 0.122 e. The lowest BCUT2D eigenvalue weighted by Gasteiger charge is -2.28. The van der Waals surface area contributed by atoms with Crippen LogP contribution in [0.3, 0.4) is 0 Å². The van der Waals surface area contributed by atoms with Gasteiger partial charge in [-0.15, -0.1) is 11.3 Å². The summed E-state index contributed by atoms with van der Waals surface area (Å²) < 4.78 is 5.75. The molecule has 0 saturated carbocycles. The molecule has 3 nitrogen and oxygen atoms in total. The number of para-hydroxylation sites is 1. The van der Waals surface area contributed by atoms with E-state index in [2.05, 4.69) is 18.0 Å². The fraction of sp³-hybridized carbons (Fsp3) is 0.438. The number of nitrogens with zero attached hydrogens (tertiary/aromatic N) is 1. The number of aryl methyl sites for hydroxylation is 2. The van der Waals surface area contributed by atoms with Gasteiger partial charge in [-0.3, -0.25) is 0 Å². The van der Waals surface area contributed by atoms with E-state index < -0.39 is 6.10 Å². The fourth-order valence-corrected chi connectivity index (χ4v) is 3.55. The van der Waals surface area contributed by atoms with Gasteiger partial charge >= 0.3 is 0 Å². The molecule has 0 saturated heterocycles. The third-order valence-electron chi connectivity index (χ3n) is 3.91. The second-order valence-electron chi connectivity index (χ2n) is 5.40. The molecule has 2 heterocycles. The van der Waals surface area contributed by atoms with Gasteiger partial charge in [0.1, 0.15) is 5.75 Å². The van der Waals surface area contributed by atoms with E-state index in [-0.39, 0.29) is 5.92 Å². The first-order chi connectivity index (χ1) is 9.63. The number of aliphatic hydroxyl groups is 1. The van der Waals surface area contributed by atoms with Crippen LogP contribution in [-0.4, -0.2) is 22.8 Å². The van der Waals surface area contributed by atoms with Crippen LogP contribution in [0, 0.1) is 19.8 Å². The van der Waals surface area contributed by atoms with Crippen LogP contribution in [0.1, 0.15) is 21.1 Å². The van der Waals surface area contributed by atoms with Crippen molar-refractivity contribution in [2.45, 2.75) is 32.8 Å². The molecule has 3 rings (SSSR count). The van der Waals surface area contributed by atoms with E-state index in [9.17, 15) is 5.11 Å². The molecule has 2 atom stereocenters. The highest BCUT2D eigenvalue weighted by molar-refractivity contribution is 7.11. The molecular weight excluding hydrogens is 270 g/mol. The van der Waals surface area contributed by atoms with Crippen LogP contribution >= 0.6 is 11.3 Å². The summed E-state index contributed by atoms with van der Waals surface area (Å²) in [5.74, 6) is 1.10. The molecule has 0 spiro atoms.